The molecule has 0 saturated carbocycles. The van der Waals surface area contributed by atoms with Crippen molar-refractivity contribution < 1.29 is 9.90 Å². The van der Waals surface area contributed by atoms with Gasteiger partial charge in [-0.05, 0) is 24.6 Å². The lowest BCUT2D eigenvalue weighted by atomic mass is 10.1. The summed E-state index contributed by atoms with van der Waals surface area (Å²) in [6, 6.07) is 5.07. The van der Waals surface area contributed by atoms with Gasteiger partial charge in [0.15, 0.2) is 0 Å². The molecular formula is C14H13N3O2S. The van der Waals surface area contributed by atoms with E-state index in [1.165, 1.54) is 0 Å². The summed E-state index contributed by atoms with van der Waals surface area (Å²) in [6.45, 7) is 2.08. The van der Waals surface area contributed by atoms with Gasteiger partial charge in [-0.15, -0.1) is 11.3 Å². The zero-order valence-electron chi connectivity index (χ0n) is 10.9. The van der Waals surface area contributed by atoms with E-state index >= 15 is 0 Å². The summed E-state index contributed by atoms with van der Waals surface area (Å²) in [7, 11) is 0. The van der Waals surface area contributed by atoms with Crippen molar-refractivity contribution in [3.63, 3.8) is 0 Å². The van der Waals surface area contributed by atoms with Gasteiger partial charge in [0.1, 0.15) is 5.01 Å². The number of rotatable bonds is 4. The predicted octanol–water partition coefficient (Wildman–Crippen LogP) is 3.19. The highest BCUT2D eigenvalue weighted by molar-refractivity contribution is 7.09. The first-order valence-corrected chi connectivity index (χ1v) is 7.18. The van der Waals surface area contributed by atoms with E-state index in [9.17, 15) is 4.79 Å². The Labute approximate surface area is 119 Å². The van der Waals surface area contributed by atoms with Gasteiger partial charge in [0.25, 0.3) is 0 Å². The molecular weight excluding hydrogens is 274 g/mol. The van der Waals surface area contributed by atoms with Crippen LogP contribution < -0.4 is 0 Å². The summed E-state index contributed by atoms with van der Waals surface area (Å²) in [5.74, 6) is -0.929. The Hall–Kier alpha value is -2.21. The maximum atomic E-state index is 11.1. The Morgan fingerprint density at radius 3 is 2.95 bits per heavy atom. The highest BCUT2D eigenvalue weighted by Gasteiger charge is 2.17. The van der Waals surface area contributed by atoms with Crippen molar-refractivity contribution in [3.8, 4) is 0 Å². The SMILES string of the molecule is CCC(c1nccs1)n1cnc2ccc(C(=O)O)cc21. The van der Waals surface area contributed by atoms with E-state index in [-0.39, 0.29) is 11.6 Å². The van der Waals surface area contributed by atoms with Crippen LogP contribution in [0.25, 0.3) is 11.0 Å². The number of aromatic carboxylic acids is 1. The number of carbonyl (C=O) groups is 1. The van der Waals surface area contributed by atoms with Gasteiger partial charge in [-0.25, -0.2) is 14.8 Å². The number of carboxylic acid groups (broad SMARTS) is 1. The average Bonchev–Trinajstić information content (AvgIpc) is 3.09. The first kappa shape index (κ1) is 12.8. The third-order valence-electron chi connectivity index (χ3n) is 3.28. The van der Waals surface area contributed by atoms with Crippen molar-refractivity contribution in [3.05, 3.63) is 46.7 Å². The number of imidazole rings is 1. The Morgan fingerprint density at radius 2 is 2.30 bits per heavy atom. The van der Waals surface area contributed by atoms with Crippen molar-refractivity contribution in [1.82, 2.24) is 14.5 Å². The van der Waals surface area contributed by atoms with Crippen LogP contribution in [0.15, 0.2) is 36.1 Å². The molecule has 5 nitrogen and oxygen atoms in total. The lowest BCUT2D eigenvalue weighted by Gasteiger charge is -2.15. The fourth-order valence-electron chi connectivity index (χ4n) is 2.30. The van der Waals surface area contributed by atoms with Crippen LogP contribution in [0.2, 0.25) is 0 Å². The van der Waals surface area contributed by atoms with Gasteiger partial charge in [0.2, 0.25) is 0 Å². The molecule has 3 rings (SSSR count). The number of nitrogens with zero attached hydrogens (tertiary/aromatic N) is 3. The fraction of sp³-hybridized carbons (Fsp3) is 0.214. The number of aromatic nitrogens is 3. The van der Waals surface area contributed by atoms with E-state index < -0.39 is 5.97 Å². The molecule has 1 atom stereocenters. The second kappa shape index (κ2) is 5.05. The quantitative estimate of drug-likeness (QED) is 0.800. The molecule has 102 valence electrons. The minimum atomic E-state index is -0.929. The number of hydrogen-bond donors (Lipinski definition) is 1. The van der Waals surface area contributed by atoms with E-state index in [2.05, 4.69) is 16.9 Å². The Balaban J connectivity index is 2.15. The summed E-state index contributed by atoms with van der Waals surface area (Å²) in [4.78, 5) is 19.8. The van der Waals surface area contributed by atoms with E-state index in [1.807, 2.05) is 9.95 Å². The molecule has 0 fully saturated rings. The second-order valence-electron chi connectivity index (χ2n) is 4.45. The minimum absolute atomic E-state index is 0.0871. The fourth-order valence-corrected chi connectivity index (χ4v) is 3.12. The smallest absolute Gasteiger partial charge is 0.335 e. The molecule has 0 spiro atoms. The normalized spacial score (nSPS) is 12.7. The number of benzene rings is 1. The molecule has 1 unspecified atom stereocenters. The molecule has 0 aliphatic heterocycles. The largest absolute Gasteiger partial charge is 0.478 e. The summed E-state index contributed by atoms with van der Waals surface area (Å²) in [5, 5.41) is 12.1. The minimum Gasteiger partial charge on any atom is -0.478 e. The molecule has 0 bridgehead atoms. The first-order valence-electron chi connectivity index (χ1n) is 6.30. The summed E-state index contributed by atoms with van der Waals surface area (Å²) >= 11 is 1.60. The van der Waals surface area contributed by atoms with Crippen molar-refractivity contribution in [2.24, 2.45) is 0 Å². The maximum absolute atomic E-state index is 11.1. The molecule has 0 saturated heterocycles. The molecule has 1 aromatic carbocycles. The van der Waals surface area contributed by atoms with Gasteiger partial charge in [-0.1, -0.05) is 6.92 Å². The first-order chi connectivity index (χ1) is 9.70. The third kappa shape index (κ3) is 2.08. The van der Waals surface area contributed by atoms with Crippen LogP contribution in [-0.2, 0) is 0 Å². The number of carboxylic acids is 1. The van der Waals surface area contributed by atoms with Crippen molar-refractivity contribution in [2.45, 2.75) is 19.4 Å². The van der Waals surface area contributed by atoms with Crippen LogP contribution in [0.1, 0.15) is 34.8 Å². The predicted molar refractivity (Wildman–Crippen MR) is 77.2 cm³/mol. The van der Waals surface area contributed by atoms with Crippen LogP contribution in [0.3, 0.4) is 0 Å². The summed E-state index contributed by atoms with van der Waals surface area (Å²) in [6.07, 6.45) is 4.41. The van der Waals surface area contributed by atoms with Crippen molar-refractivity contribution in [2.75, 3.05) is 0 Å². The number of thiazole rings is 1. The molecule has 2 aromatic heterocycles. The van der Waals surface area contributed by atoms with E-state index in [0.717, 1.165) is 22.5 Å². The Bertz CT molecular complexity index is 749. The van der Waals surface area contributed by atoms with E-state index in [1.54, 1.807) is 42.1 Å². The molecule has 6 heteroatoms. The van der Waals surface area contributed by atoms with Gasteiger partial charge < -0.3 is 9.67 Å². The summed E-state index contributed by atoms with van der Waals surface area (Å²) < 4.78 is 2.00. The third-order valence-corrected chi connectivity index (χ3v) is 4.16. The molecule has 0 radical (unpaired) electrons. The number of fused-ring (bicyclic) bond motifs is 1. The van der Waals surface area contributed by atoms with E-state index in [4.69, 9.17) is 5.11 Å². The average molecular weight is 287 g/mol. The van der Waals surface area contributed by atoms with Crippen molar-refractivity contribution in [1.29, 1.82) is 0 Å². The molecule has 3 aromatic rings. The Kier molecular flexibility index (Phi) is 3.23. The zero-order chi connectivity index (χ0) is 14.1. The van der Waals surface area contributed by atoms with Crippen LogP contribution in [-0.4, -0.2) is 25.6 Å². The van der Waals surface area contributed by atoms with Gasteiger partial charge in [0, 0.05) is 11.6 Å². The molecule has 0 aliphatic carbocycles. The highest BCUT2D eigenvalue weighted by atomic mass is 32.1. The topological polar surface area (TPSA) is 68.0 Å². The number of hydrogen-bond acceptors (Lipinski definition) is 4. The standard InChI is InChI=1S/C14H13N3O2S/c1-2-11(13-15-5-6-20-13)17-8-16-10-4-3-9(14(18)19)7-12(10)17/h3-8,11H,2H2,1H3,(H,18,19). The lowest BCUT2D eigenvalue weighted by Crippen LogP contribution is -2.08. The van der Waals surface area contributed by atoms with Crippen LogP contribution >= 0.6 is 11.3 Å². The van der Waals surface area contributed by atoms with Gasteiger partial charge in [0.05, 0.1) is 29.0 Å². The van der Waals surface area contributed by atoms with Crippen molar-refractivity contribution >= 4 is 28.3 Å². The van der Waals surface area contributed by atoms with Gasteiger partial charge in [-0.2, -0.15) is 0 Å². The summed E-state index contributed by atoms with van der Waals surface area (Å²) in [5.41, 5.74) is 1.89. The monoisotopic (exact) mass is 287 g/mol. The maximum Gasteiger partial charge on any atom is 0.335 e. The molecule has 0 aliphatic rings. The molecule has 2 heterocycles. The molecule has 0 amide bonds. The van der Waals surface area contributed by atoms with E-state index in [0.29, 0.717) is 0 Å². The highest BCUT2D eigenvalue weighted by Crippen LogP contribution is 2.28. The lowest BCUT2D eigenvalue weighted by molar-refractivity contribution is 0.0697. The second-order valence-corrected chi connectivity index (χ2v) is 5.38. The molecule has 1 N–H and O–H groups in total. The molecule has 20 heavy (non-hydrogen) atoms. The zero-order valence-corrected chi connectivity index (χ0v) is 11.7. The van der Waals surface area contributed by atoms with Crippen LogP contribution in [0.5, 0.6) is 0 Å². The van der Waals surface area contributed by atoms with Gasteiger partial charge in [-0.3, -0.25) is 0 Å². The van der Waals surface area contributed by atoms with Crippen LogP contribution in [0.4, 0.5) is 0 Å². The Morgan fingerprint density at radius 1 is 1.45 bits per heavy atom. The van der Waals surface area contributed by atoms with Crippen LogP contribution in [0, 0.1) is 0 Å². The van der Waals surface area contributed by atoms with Gasteiger partial charge >= 0.3 is 5.97 Å².